The summed E-state index contributed by atoms with van der Waals surface area (Å²) in [6.07, 6.45) is 3.91. The summed E-state index contributed by atoms with van der Waals surface area (Å²) in [5, 5.41) is 3.42. The van der Waals surface area contributed by atoms with Crippen molar-refractivity contribution in [1.82, 2.24) is 5.32 Å². The van der Waals surface area contributed by atoms with Crippen molar-refractivity contribution < 1.29 is 9.13 Å². The van der Waals surface area contributed by atoms with Crippen LogP contribution < -0.4 is 5.32 Å². The molecule has 1 aliphatic heterocycles. The molecule has 2 nitrogen and oxygen atoms in total. The Labute approximate surface area is 122 Å². The molecule has 1 aliphatic rings. The fourth-order valence-electron chi connectivity index (χ4n) is 2.13. The maximum atomic E-state index is 13.7. The molecule has 0 amide bonds. The highest BCUT2D eigenvalue weighted by atomic mass is 79.9. The molecule has 0 fully saturated rings. The summed E-state index contributed by atoms with van der Waals surface area (Å²) in [6.45, 7) is 4.43. The number of nitrogens with one attached hydrogen (secondary N) is 1. The summed E-state index contributed by atoms with van der Waals surface area (Å²) in [7, 11) is 0. The quantitative estimate of drug-likeness (QED) is 0.836. The summed E-state index contributed by atoms with van der Waals surface area (Å²) in [5.41, 5.74) is 2.03. The molecular weight excluding hydrogens is 309 g/mol. The van der Waals surface area contributed by atoms with Gasteiger partial charge in [-0.2, -0.15) is 0 Å². The van der Waals surface area contributed by atoms with E-state index in [1.165, 1.54) is 11.6 Å². The van der Waals surface area contributed by atoms with Gasteiger partial charge in [0.05, 0.1) is 13.2 Å². The molecule has 1 N–H and O–H groups in total. The Balaban J connectivity index is 1.83. The van der Waals surface area contributed by atoms with Crippen molar-refractivity contribution in [1.29, 1.82) is 0 Å². The topological polar surface area (TPSA) is 21.3 Å². The molecular formula is C15H19BrFNO. The second-order valence-corrected chi connectivity index (χ2v) is 5.84. The van der Waals surface area contributed by atoms with Crippen LogP contribution in [0.1, 0.15) is 18.9 Å². The standard InChI is InChI=1S/C15H19BrFNO/c1-11(18-9-12-3-2-6-19-10-12)7-13-4-5-14(16)8-15(13)17/h3-5,8,11,18H,2,6-7,9-10H2,1H3/t11-/m1/s1. The average molecular weight is 328 g/mol. The summed E-state index contributed by atoms with van der Waals surface area (Å²) < 4.78 is 19.9. The van der Waals surface area contributed by atoms with Crippen LogP contribution in [0.5, 0.6) is 0 Å². The van der Waals surface area contributed by atoms with E-state index in [2.05, 4.69) is 34.2 Å². The van der Waals surface area contributed by atoms with Gasteiger partial charge in [-0.05, 0) is 43.0 Å². The smallest absolute Gasteiger partial charge is 0.127 e. The van der Waals surface area contributed by atoms with Crippen LogP contribution in [0.15, 0.2) is 34.3 Å². The Morgan fingerprint density at radius 1 is 1.47 bits per heavy atom. The van der Waals surface area contributed by atoms with Crippen LogP contribution in [-0.2, 0) is 11.2 Å². The Bertz CT molecular complexity index is 461. The molecule has 1 aromatic rings. The van der Waals surface area contributed by atoms with E-state index in [0.29, 0.717) is 13.0 Å². The molecule has 4 heteroatoms. The lowest BCUT2D eigenvalue weighted by molar-refractivity contribution is 0.148. The Hall–Kier alpha value is -0.710. The SMILES string of the molecule is C[C@H](Cc1ccc(Br)cc1F)NCC1=CCCOC1. The van der Waals surface area contributed by atoms with E-state index in [0.717, 1.165) is 29.6 Å². The molecule has 0 saturated carbocycles. The fourth-order valence-corrected chi connectivity index (χ4v) is 2.46. The number of rotatable bonds is 5. The van der Waals surface area contributed by atoms with E-state index < -0.39 is 0 Å². The van der Waals surface area contributed by atoms with Gasteiger partial charge in [-0.15, -0.1) is 0 Å². The summed E-state index contributed by atoms with van der Waals surface area (Å²) >= 11 is 3.27. The predicted molar refractivity (Wildman–Crippen MR) is 78.8 cm³/mol. The van der Waals surface area contributed by atoms with Crippen LogP contribution in [0.2, 0.25) is 0 Å². The van der Waals surface area contributed by atoms with Crippen LogP contribution in [0.25, 0.3) is 0 Å². The molecule has 1 atom stereocenters. The van der Waals surface area contributed by atoms with Crippen LogP contribution in [-0.4, -0.2) is 25.8 Å². The van der Waals surface area contributed by atoms with Crippen LogP contribution in [0.3, 0.4) is 0 Å². The second kappa shape index (κ2) is 7.17. The number of hydrogen-bond donors (Lipinski definition) is 1. The molecule has 1 heterocycles. The third-order valence-corrected chi connectivity index (χ3v) is 3.69. The van der Waals surface area contributed by atoms with Crippen molar-refractivity contribution in [2.75, 3.05) is 19.8 Å². The molecule has 0 spiro atoms. The van der Waals surface area contributed by atoms with Gasteiger partial charge in [-0.3, -0.25) is 0 Å². The Morgan fingerprint density at radius 3 is 3.00 bits per heavy atom. The second-order valence-electron chi connectivity index (χ2n) is 4.93. The van der Waals surface area contributed by atoms with Gasteiger partial charge in [-0.25, -0.2) is 4.39 Å². The summed E-state index contributed by atoms with van der Waals surface area (Å²) in [6, 6.07) is 5.46. The Kier molecular flexibility index (Phi) is 5.55. The van der Waals surface area contributed by atoms with Gasteiger partial charge in [0.15, 0.2) is 0 Å². The minimum Gasteiger partial charge on any atom is -0.377 e. The summed E-state index contributed by atoms with van der Waals surface area (Å²) in [5.74, 6) is -0.150. The monoisotopic (exact) mass is 327 g/mol. The fraction of sp³-hybridized carbons (Fsp3) is 0.467. The molecule has 0 saturated heterocycles. The van der Waals surface area contributed by atoms with Crippen LogP contribution in [0, 0.1) is 5.82 Å². The zero-order chi connectivity index (χ0) is 13.7. The number of benzene rings is 1. The first kappa shape index (κ1) is 14.7. The van der Waals surface area contributed by atoms with Crippen molar-refractivity contribution in [3.05, 3.63) is 45.7 Å². The highest BCUT2D eigenvalue weighted by Crippen LogP contribution is 2.16. The third-order valence-electron chi connectivity index (χ3n) is 3.20. The van der Waals surface area contributed by atoms with Crippen molar-refractivity contribution in [2.45, 2.75) is 25.8 Å². The third kappa shape index (κ3) is 4.71. The van der Waals surface area contributed by atoms with E-state index in [4.69, 9.17) is 4.74 Å². The van der Waals surface area contributed by atoms with Crippen molar-refractivity contribution in [3.8, 4) is 0 Å². The highest BCUT2D eigenvalue weighted by Gasteiger charge is 2.10. The highest BCUT2D eigenvalue weighted by molar-refractivity contribution is 9.10. The molecule has 0 bridgehead atoms. The van der Waals surface area contributed by atoms with Gasteiger partial charge in [0, 0.05) is 17.1 Å². The zero-order valence-corrected chi connectivity index (χ0v) is 12.7. The van der Waals surface area contributed by atoms with E-state index in [-0.39, 0.29) is 11.9 Å². The summed E-state index contributed by atoms with van der Waals surface area (Å²) in [4.78, 5) is 0. The lowest BCUT2D eigenvalue weighted by Gasteiger charge is -2.18. The van der Waals surface area contributed by atoms with Gasteiger partial charge in [0.25, 0.3) is 0 Å². The van der Waals surface area contributed by atoms with E-state index in [9.17, 15) is 4.39 Å². The molecule has 1 aromatic carbocycles. The molecule has 0 aliphatic carbocycles. The maximum Gasteiger partial charge on any atom is 0.127 e. The van der Waals surface area contributed by atoms with Crippen LogP contribution in [0.4, 0.5) is 4.39 Å². The number of halogens is 2. The van der Waals surface area contributed by atoms with Crippen molar-refractivity contribution in [2.24, 2.45) is 0 Å². The van der Waals surface area contributed by atoms with Gasteiger partial charge in [-0.1, -0.05) is 28.1 Å². The Morgan fingerprint density at radius 2 is 2.32 bits per heavy atom. The van der Waals surface area contributed by atoms with E-state index >= 15 is 0 Å². The number of ether oxygens (including phenoxy) is 1. The lowest BCUT2D eigenvalue weighted by atomic mass is 10.1. The first-order valence-electron chi connectivity index (χ1n) is 6.58. The molecule has 0 radical (unpaired) electrons. The van der Waals surface area contributed by atoms with E-state index in [1.807, 2.05) is 12.1 Å². The van der Waals surface area contributed by atoms with Gasteiger partial charge in [0.2, 0.25) is 0 Å². The normalized spacial score (nSPS) is 17.1. The zero-order valence-electron chi connectivity index (χ0n) is 11.1. The van der Waals surface area contributed by atoms with Crippen LogP contribution >= 0.6 is 15.9 Å². The molecule has 0 aromatic heterocycles. The average Bonchev–Trinajstić information content (AvgIpc) is 2.41. The molecule has 2 rings (SSSR count). The lowest BCUT2D eigenvalue weighted by Crippen LogP contribution is -2.31. The first-order chi connectivity index (χ1) is 9.15. The first-order valence-corrected chi connectivity index (χ1v) is 7.37. The predicted octanol–water partition coefficient (Wildman–Crippen LogP) is 3.46. The van der Waals surface area contributed by atoms with E-state index in [1.54, 1.807) is 0 Å². The van der Waals surface area contributed by atoms with Gasteiger partial charge in [0.1, 0.15) is 5.82 Å². The minimum atomic E-state index is -0.150. The molecule has 0 unspecified atom stereocenters. The van der Waals surface area contributed by atoms with Gasteiger partial charge < -0.3 is 10.1 Å². The largest absolute Gasteiger partial charge is 0.377 e. The van der Waals surface area contributed by atoms with Crippen molar-refractivity contribution in [3.63, 3.8) is 0 Å². The van der Waals surface area contributed by atoms with Gasteiger partial charge >= 0.3 is 0 Å². The molecule has 19 heavy (non-hydrogen) atoms. The number of hydrogen-bond acceptors (Lipinski definition) is 2. The minimum absolute atomic E-state index is 0.150. The molecule has 104 valence electrons. The maximum absolute atomic E-state index is 13.7. The van der Waals surface area contributed by atoms with Crippen molar-refractivity contribution >= 4 is 15.9 Å².